The van der Waals surface area contributed by atoms with E-state index in [-0.39, 0.29) is 0 Å². The van der Waals surface area contributed by atoms with E-state index in [9.17, 15) is 0 Å². The molecule has 0 bridgehead atoms. The van der Waals surface area contributed by atoms with Crippen LogP contribution in [0.15, 0.2) is 30.3 Å². The van der Waals surface area contributed by atoms with Gasteiger partial charge in [0.25, 0.3) is 0 Å². The van der Waals surface area contributed by atoms with Crippen molar-refractivity contribution in [3.63, 3.8) is 0 Å². The quantitative estimate of drug-likeness (QED) is 0.818. The van der Waals surface area contributed by atoms with Gasteiger partial charge >= 0.3 is 0 Å². The SMILES string of the molecule is CCC(C)Nc1cc(NCc2ccccc2OC)nc(C)n1. The Bertz CT molecular complexity index is 615. The molecule has 5 heteroatoms. The second-order valence-corrected chi connectivity index (χ2v) is 5.30. The Morgan fingerprint density at radius 1 is 1.18 bits per heavy atom. The van der Waals surface area contributed by atoms with Gasteiger partial charge in [-0.3, -0.25) is 0 Å². The number of benzene rings is 1. The molecule has 1 aromatic heterocycles. The fourth-order valence-electron chi connectivity index (χ4n) is 2.12. The number of hydrogen-bond acceptors (Lipinski definition) is 5. The second-order valence-electron chi connectivity index (χ2n) is 5.30. The van der Waals surface area contributed by atoms with Crippen molar-refractivity contribution in [2.45, 2.75) is 39.8 Å². The van der Waals surface area contributed by atoms with E-state index >= 15 is 0 Å². The van der Waals surface area contributed by atoms with Crippen molar-refractivity contribution in [3.8, 4) is 5.75 Å². The minimum atomic E-state index is 0.386. The number of hydrogen-bond donors (Lipinski definition) is 2. The van der Waals surface area contributed by atoms with Gasteiger partial charge in [0, 0.05) is 24.2 Å². The Hall–Kier alpha value is -2.30. The van der Waals surface area contributed by atoms with E-state index in [0.29, 0.717) is 12.6 Å². The average molecular weight is 300 g/mol. The standard InChI is InChI=1S/C17H24N4O/c1-5-12(2)19-17-10-16(20-13(3)21-17)18-11-14-8-6-7-9-15(14)22-4/h6-10,12H,5,11H2,1-4H3,(H2,18,19,20,21). The number of ether oxygens (including phenoxy) is 1. The smallest absolute Gasteiger partial charge is 0.132 e. The Kier molecular flexibility index (Phi) is 5.58. The first-order valence-electron chi connectivity index (χ1n) is 7.60. The molecule has 0 saturated carbocycles. The lowest BCUT2D eigenvalue weighted by atomic mass is 10.2. The molecule has 0 aliphatic carbocycles. The summed E-state index contributed by atoms with van der Waals surface area (Å²) in [6.07, 6.45) is 1.05. The summed E-state index contributed by atoms with van der Waals surface area (Å²) in [5.74, 6) is 3.28. The molecular formula is C17H24N4O. The first kappa shape index (κ1) is 16.1. The predicted molar refractivity (Wildman–Crippen MR) is 90.5 cm³/mol. The van der Waals surface area contributed by atoms with Crippen LogP contribution in [0.25, 0.3) is 0 Å². The molecule has 0 radical (unpaired) electrons. The molecule has 0 spiro atoms. The lowest BCUT2D eigenvalue weighted by Gasteiger charge is -2.14. The van der Waals surface area contributed by atoms with E-state index in [1.165, 1.54) is 0 Å². The first-order chi connectivity index (χ1) is 10.6. The van der Waals surface area contributed by atoms with Crippen molar-refractivity contribution in [3.05, 3.63) is 41.7 Å². The molecule has 2 rings (SSSR count). The largest absolute Gasteiger partial charge is 0.496 e. The highest BCUT2D eigenvalue weighted by Crippen LogP contribution is 2.19. The van der Waals surface area contributed by atoms with Crippen molar-refractivity contribution in [2.75, 3.05) is 17.7 Å². The summed E-state index contributed by atoms with van der Waals surface area (Å²) < 4.78 is 5.36. The highest BCUT2D eigenvalue weighted by Gasteiger charge is 2.06. The minimum Gasteiger partial charge on any atom is -0.496 e. The van der Waals surface area contributed by atoms with Crippen LogP contribution in [0.1, 0.15) is 31.7 Å². The Balaban J connectivity index is 2.09. The van der Waals surface area contributed by atoms with Crippen LogP contribution in [-0.2, 0) is 6.54 Å². The molecule has 22 heavy (non-hydrogen) atoms. The number of rotatable bonds is 7. The van der Waals surface area contributed by atoms with E-state index in [4.69, 9.17) is 4.74 Å². The van der Waals surface area contributed by atoms with Gasteiger partial charge in [-0.2, -0.15) is 0 Å². The first-order valence-corrected chi connectivity index (χ1v) is 7.60. The number of anilines is 2. The average Bonchev–Trinajstić information content (AvgIpc) is 2.52. The summed E-state index contributed by atoms with van der Waals surface area (Å²) in [5, 5.41) is 6.71. The number of nitrogens with zero attached hydrogens (tertiary/aromatic N) is 2. The minimum absolute atomic E-state index is 0.386. The van der Waals surface area contributed by atoms with Crippen LogP contribution >= 0.6 is 0 Å². The summed E-state index contributed by atoms with van der Waals surface area (Å²) in [5.41, 5.74) is 1.10. The third kappa shape index (κ3) is 4.35. The third-order valence-electron chi connectivity index (χ3n) is 3.50. The molecule has 0 amide bonds. The zero-order valence-corrected chi connectivity index (χ0v) is 13.7. The summed E-state index contributed by atoms with van der Waals surface area (Å²) >= 11 is 0. The zero-order chi connectivity index (χ0) is 15.9. The summed E-state index contributed by atoms with van der Waals surface area (Å²) in [6, 6.07) is 10.3. The van der Waals surface area contributed by atoms with Crippen LogP contribution in [0, 0.1) is 6.92 Å². The fourth-order valence-corrected chi connectivity index (χ4v) is 2.12. The monoisotopic (exact) mass is 300 g/mol. The fraction of sp³-hybridized carbons (Fsp3) is 0.412. The van der Waals surface area contributed by atoms with Gasteiger partial charge in [0.1, 0.15) is 23.2 Å². The van der Waals surface area contributed by atoms with Crippen molar-refractivity contribution < 1.29 is 4.74 Å². The van der Waals surface area contributed by atoms with Crippen molar-refractivity contribution >= 4 is 11.6 Å². The van der Waals surface area contributed by atoms with Gasteiger partial charge < -0.3 is 15.4 Å². The number of nitrogens with one attached hydrogen (secondary N) is 2. The van der Waals surface area contributed by atoms with Gasteiger partial charge in [-0.15, -0.1) is 0 Å². The van der Waals surface area contributed by atoms with Crippen LogP contribution < -0.4 is 15.4 Å². The van der Waals surface area contributed by atoms with Crippen molar-refractivity contribution in [1.29, 1.82) is 0 Å². The Labute approximate surface area is 132 Å². The molecule has 1 atom stereocenters. The van der Waals surface area contributed by atoms with Gasteiger partial charge in [-0.05, 0) is 26.3 Å². The summed E-state index contributed by atoms with van der Waals surface area (Å²) in [4.78, 5) is 8.86. The molecule has 1 aromatic carbocycles. The molecule has 1 heterocycles. The lowest BCUT2D eigenvalue weighted by Crippen LogP contribution is -2.15. The molecule has 118 valence electrons. The Morgan fingerprint density at radius 3 is 2.64 bits per heavy atom. The maximum Gasteiger partial charge on any atom is 0.132 e. The van der Waals surface area contributed by atoms with Crippen LogP contribution in [-0.4, -0.2) is 23.1 Å². The highest BCUT2D eigenvalue weighted by molar-refractivity contribution is 5.49. The maximum absolute atomic E-state index is 5.36. The molecule has 0 aliphatic heterocycles. The van der Waals surface area contributed by atoms with E-state index in [1.807, 2.05) is 37.3 Å². The third-order valence-corrected chi connectivity index (χ3v) is 3.50. The lowest BCUT2D eigenvalue weighted by molar-refractivity contribution is 0.410. The van der Waals surface area contributed by atoms with Crippen LogP contribution in [0.2, 0.25) is 0 Å². The molecule has 1 unspecified atom stereocenters. The van der Waals surface area contributed by atoms with Gasteiger partial charge in [-0.25, -0.2) is 9.97 Å². The van der Waals surface area contributed by atoms with Crippen LogP contribution in [0.3, 0.4) is 0 Å². The molecule has 5 nitrogen and oxygen atoms in total. The number of methoxy groups -OCH3 is 1. The van der Waals surface area contributed by atoms with E-state index in [0.717, 1.165) is 35.2 Å². The molecule has 2 aromatic rings. The number of aromatic nitrogens is 2. The molecule has 2 N–H and O–H groups in total. The topological polar surface area (TPSA) is 59.1 Å². The highest BCUT2D eigenvalue weighted by atomic mass is 16.5. The van der Waals surface area contributed by atoms with Crippen molar-refractivity contribution in [2.24, 2.45) is 0 Å². The maximum atomic E-state index is 5.36. The second kappa shape index (κ2) is 7.64. The molecule has 0 fully saturated rings. The molecule has 0 aliphatic rings. The van der Waals surface area contributed by atoms with E-state index in [2.05, 4.69) is 34.4 Å². The van der Waals surface area contributed by atoms with Gasteiger partial charge in [0.05, 0.1) is 7.11 Å². The van der Waals surface area contributed by atoms with E-state index < -0.39 is 0 Å². The zero-order valence-electron chi connectivity index (χ0n) is 13.7. The number of para-hydroxylation sites is 1. The van der Waals surface area contributed by atoms with Gasteiger partial charge in [0.15, 0.2) is 0 Å². The van der Waals surface area contributed by atoms with Gasteiger partial charge in [0.2, 0.25) is 0 Å². The molecule has 0 saturated heterocycles. The summed E-state index contributed by atoms with van der Waals surface area (Å²) in [6.45, 7) is 6.84. The van der Waals surface area contributed by atoms with Gasteiger partial charge in [-0.1, -0.05) is 25.1 Å². The molecular weight excluding hydrogens is 276 g/mol. The van der Waals surface area contributed by atoms with E-state index in [1.54, 1.807) is 7.11 Å². The normalized spacial score (nSPS) is 11.8. The van der Waals surface area contributed by atoms with Crippen LogP contribution in [0.5, 0.6) is 5.75 Å². The van der Waals surface area contributed by atoms with Crippen LogP contribution in [0.4, 0.5) is 11.6 Å². The Morgan fingerprint density at radius 2 is 1.91 bits per heavy atom. The number of aryl methyl sites for hydroxylation is 1. The summed E-state index contributed by atoms with van der Waals surface area (Å²) in [7, 11) is 1.68. The predicted octanol–water partition coefficient (Wildman–Crippen LogP) is 3.62. The van der Waals surface area contributed by atoms with Crippen molar-refractivity contribution in [1.82, 2.24) is 9.97 Å².